The summed E-state index contributed by atoms with van der Waals surface area (Å²) in [6.07, 6.45) is 1.86. The summed E-state index contributed by atoms with van der Waals surface area (Å²) in [6, 6.07) is 11.2. The van der Waals surface area contributed by atoms with E-state index in [-0.39, 0.29) is 11.6 Å². The van der Waals surface area contributed by atoms with Crippen LogP contribution in [0.2, 0.25) is 0 Å². The highest BCUT2D eigenvalue weighted by atomic mass is 32.2. The first kappa shape index (κ1) is 21.5. The van der Waals surface area contributed by atoms with Gasteiger partial charge in [-0.05, 0) is 42.8 Å². The molecular formula is C23H21F2N3OS2. The van der Waals surface area contributed by atoms with Crippen LogP contribution in [0.4, 0.5) is 8.78 Å². The van der Waals surface area contributed by atoms with Gasteiger partial charge in [-0.25, -0.2) is 18.4 Å². The van der Waals surface area contributed by atoms with Gasteiger partial charge in [0.2, 0.25) is 5.13 Å². The molecule has 0 aliphatic rings. The van der Waals surface area contributed by atoms with Crippen molar-refractivity contribution in [3.8, 4) is 33.3 Å². The fourth-order valence-electron chi connectivity index (χ4n) is 3.17. The quantitative estimate of drug-likeness (QED) is 0.300. The molecule has 31 heavy (non-hydrogen) atoms. The van der Waals surface area contributed by atoms with E-state index in [4.69, 9.17) is 9.72 Å². The Labute approximate surface area is 187 Å². The molecule has 0 aliphatic heterocycles. The minimum atomic E-state index is -0.415. The van der Waals surface area contributed by atoms with Gasteiger partial charge in [-0.15, -0.1) is 11.8 Å². The van der Waals surface area contributed by atoms with Gasteiger partial charge in [-0.3, -0.25) is 0 Å². The molecule has 0 N–H and O–H groups in total. The first-order valence-electron chi connectivity index (χ1n) is 9.69. The van der Waals surface area contributed by atoms with Crippen LogP contribution in [0.15, 0.2) is 52.9 Å². The van der Waals surface area contributed by atoms with E-state index in [2.05, 4.69) is 18.9 Å². The van der Waals surface area contributed by atoms with E-state index in [1.54, 1.807) is 34.6 Å². The van der Waals surface area contributed by atoms with E-state index in [0.717, 1.165) is 32.3 Å². The molecule has 2 aromatic heterocycles. The molecule has 0 spiro atoms. The molecule has 0 radical (unpaired) electrons. The first-order valence-corrected chi connectivity index (χ1v) is 11.4. The fourth-order valence-corrected chi connectivity index (χ4v) is 5.62. The topological polar surface area (TPSA) is 39.9 Å². The lowest BCUT2D eigenvalue weighted by molar-refractivity contribution is 0.387. The number of hydrogen-bond donors (Lipinski definition) is 0. The summed E-state index contributed by atoms with van der Waals surface area (Å²) in [5.74, 6) is -0.528. The van der Waals surface area contributed by atoms with Gasteiger partial charge in [0.1, 0.15) is 5.82 Å². The number of methoxy groups -OCH3 is 1. The van der Waals surface area contributed by atoms with Gasteiger partial charge >= 0.3 is 0 Å². The number of halogens is 2. The average molecular weight is 458 g/mol. The molecule has 8 heteroatoms. The molecule has 0 fully saturated rings. The number of thiazole rings is 1. The van der Waals surface area contributed by atoms with Crippen molar-refractivity contribution < 1.29 is 13.5 Å². The third kappa shape index (κ3) is 4.50. The Bertz CT molecular complexity index is 1230. The zero-order valence-corrected chi connectivity index (χ0v) is 19.2. The second kappa shape index (κ2) is 8.80. The molecule has 0 aliphatic carbocycles. The van der Waals surface area contributed by atoms with E-state index in [0.29, 0.717) is 10.4 Å². The fraction of sp³-hybridized carbons (Fsp3) is 0.217. The smallest absolute Gasteiger partial charge is 0.211 e. The number of aromatic nitrogens is 3. The maximum Gasteiger partial charge on any atom is 0.211 e. The van der Waals surface area contributed by atoms with E-state index in [9.17, 15) is 8.78 Å². The van der Waals surface area contributed by atoms with Gasteiger partial charge < -0.3 is 4.74 Å². The highest BCUT2D eigenvalue weighted by molar-refractivity contribution is 8.01. The van der Waals surface area contributed by atoms with E-state index in [1.807, 2.05) is 19.2 Å². The minimum Gasteiger partial charge on any atom is -0.494 e. The van der Waals surface area contributed by atoms with Crippen molar-refractivity contribution in [2.24, 2.45) is 0 Å². The summed E-state index contributed by atoms with van der Waals surface area (Å²) < 4.78 is 35.5. The lowest BCUT2D eigenvalue weighted by Gasteiger charge is -2.07. The van der Waals surface area contributed by atoms with Crippen LogP contribution in [0.1, 0.15) is 19.5 Å². The molecule has 160 valence electrons. The Hall–Kier alpha value is -2.71. The highest BCUT2D eigenvalue weighted by Crippen LogP contribution is 2.41. The predicted octanol–water partition coefficient (Wildman–Crippen LogP) is 6.76. The number of thioether (sulfide) groups is 1. The van der Waals surface area contributed by atoms with Crippen LogP contribution in [-0.2, 0) is 0 Å². The van der Waals surface area contributed by atoms with Crippen molar-refractivity contribution in [1.82, 2.24) is 14.8 Å². The molecule has 0 bridgehead atoms. The second-order valence-electron chi connectivity index (χ2n) is 7.23. The number of rotatable bonds is 6. The van der Waals surface area contributed by atoms with Crippen molar-refractivity contribution in [2.75, 3.05) is 7.11 Å². The minimum absolute atomic E-state index is 0.177. The lowest BCUT2D eigenvalue weighted by atomic mass is 10.1. The van der Waals surface area contributed by atoms with Crippen LogP contribution in [0.25, 0.3) is 27.5 Å². The molecule has 0 saturated carbocycles. The molecule has 0 unspecified atom stereocenters. The number of hydrogen-bond acceptors (Lipinski definition) is 5. The summed E-state index contributed by atoms with van der Waals surface area (Å²) in [7, 11) is 1.44. The first-order chi connectivity index (χ1) is 14.9. The monoisotopic (exact) mass is 457 g/mol. The normalized spacial score (nSPS) is 11.3. The van der Waals surface area contributed by atoms with Gasteiger partial charge in [-0.1, -0.05) is 37.3 Å². The van der Waals surface area contributed by atoms with Gasteiger partial charge in [0.25, 0.3) is 0 Å². The second-order valence-corrected chi connectivity index (χ2v) is 10.1. The molecule has 0 atom stereocenters. The summed E-state index contributed by atoms with van der Waals surface area (Å²) in [5, 5.41) is 5.64. The largest absolute Gasteiger partial charge is 0.494 e. The molecule has 4 rings (SSSR count). The predicted molar refractivity (Wildman–Crippen MR) is 122 cm³/mol. The van der Waals surface area contributed by atoms with Gasteiger partial charge in [0.05, 0.1) is 22.7 Å². The molecule has 0 amide bonds. The van der Waals surface area contributed by atoms with Crippen LogP contribution in [0, 0.1) is 18.6 Å². The van der Waals surface area contributed by atoms with E-state index in [1.165, 1.54) is 36.6 Å². The number of aryl methyl sites for hydroxylation is 1. The van der Waals surface area contributed by atoms with Gasteiger partial charge in [-0.2, -0.15) is 5.10 Å². The van der Waals surface area contributed by atoms with Crippen molar-refractivity contribution in [1.29, 1.82) is 0 Å². The lowest BCUT2D eigenvalue weighted by Crippen LogP contribution is -1.94. The van der Waals surface area contributed by atoms with Crippen molar-refractivity contribution in [3.63, 3.8) is 0 Å². The third-order valence-electron chi connectivity index (χ3n) is 4.58. The zero-order valence-electron chi connectivity index (χ0n) is 17.5. The maximum atomic E-state index is 13.9. The van der Waals surface area contributed by atoms with Crippen molar-refractivity contribution in [3.05, 3.63) is 66.0 Å². The number of ether oxygens (including phenoxy) is 1. The summed E-state index contributed by atoms with van der Waals surface area (Å²) in [6.45, 7) is 6.11. The van der Waals surface area contributed by atoms with Crippen LogP contribution < -0.4 is 4.74 Å². The summed E-state index contributed by atoms with van der Waals surface area (Å²) in [4.78, 5) is 4.82. The van der Waals surface area contributed by atoms with Crippen LogP contribution in [-0.4, -0.2) is 27.1 Å². The zero-order chi connectivity index (χ0) is 22.1. The average Bonchev–Trinajstić information content (AvgIpc) is 3.31. The molecule has 4 nitrogen and oxygen atoms in total. The molecular weight excluding hydrogens is 436 g/mol. The standard InChI is InChI=1S/C23H21F2N3OS2/c1-13(2)30-22-21(16-8-9-19(25)20(11-16)29-4)26-23(31-22)28-12-18(14(3)27-28)15-6-5-7-17(24)10-15/h5-13H,1-4H3. The Balaban J connectivity index is 1.79. The maximum absolute atomic E-state index is 13.9. The van der Waals surface area contributed by atoms with Crippen LogP contribution in [0.5, 0.6) is 5.75 Å². The Morgan fingerprint density at radius 3 is 2.61 bits per heavy atom. The number of benzene rings is 2. The highest BCUT2D eigenvalue weighted by Gasteiger charge is 2.19. The summed E-state index contributed by atoms with van der Waals surface area (Å²) in [5.41, 5.74) is 3.93. The Morgan fingerprint density at radius 2 is 1.90 bits per heavy atom. The van der Waals surface area contributed by atoms with Crippen molar-refractivity contribution in [2.45, 2.75) is 30.2 Å². The summed E-state index contributed by atoms with van der Waals surface area (Å²) >= 11 is 3.21. The molecule has 2 aromatic carbocycles. The van der Waals surface area contributed by atoms with Crippen LogP contribution in [0.3, 0.4) is 0 Å². The molecule has 0 saturated heterocycles. The Morgan fingerprint density at radius 1 is 1.10 bits per heavy atom. The van der Waals surface area contributed by atoms with Gasteiger partial charge in [0.15, 0.2) is 11.6 Å². The van der Waals surface area contributed by atoms with Crippen molar-refractivity contribution >= 4 is 23.1 Å². The third-order valence-corrected chi connectivity index (χ3v) is 6.84. The van der Waals surface area contributed by atoms with E-state index >= 15 is 0 Å². The molecule has 4 aromatic rings. The van der Waals surface area contributed by atoms with E-state index < -0.39 is 5.82 Å². The number of nitrogens with zero attached hydrogens (tertiary/aromatic N) is 3. The SMILES string of the molecule is COc1cc(-c2nc(-n3cc(-c4cccc(F)c4)c(C)n3)sc2SC(C)C)ccc1F. The van der Waals surface area contributed by atoms with Crippen LogP contribution >= 0.6 is 23.1 Å². The Kier molecular flexibility index (Phi) is 6.11. The molecule has 2 heterocycles. The van der Waals surface area contributed by atoms with Gasteiger partial charge in [0, 0.05) is 22.6 Å².